The maximum Gasteiger partial charge on any atom is -0.0334 e. The van der Waals surface area contributed by atoms with Crippen molar-refractivity contribution in [3.05, 3.63) is 0 Å². The lowest BCUT2D eigenvalue weighted by atomic mass is 9.56. The Morgan fingerprint density at radius 2 is 1.54 bits per heavy atom. The summed E-state index contributed by atoms with van der Waals surface area (Å²) < 4.78 is 0. The lowest BCUT2D eigenvalue weighted by Crippen LogP contribution is -2.43. The standard InChI is InChI=1S/C13H26/c1-8(2)11(6)12-7-10(5)13(12)9(3)4/h8-13H,7H2,1-6H3. The Hall–Kier alpha value is 0. The molecule has 0 spiro atoms. The van der Waals surface area contributed by atoms with Crippen LogP contribution in [0.1, 0.15) is 48.0 Å². The average Bonchev–Trinajstić information content (AvgIpc) is 1.97. The van der Waals surface area contributed by atoms with Crippen LogP contribution in [-0.4, -0.2) is 0 Å². The number of rotatable bonds is 3. The number of hydrogen-bond acceptors (Lipinski definition) is 0. The van der Waals surface area contributed by atoms with Gasteiger partial charge in [-0.05, 0) is 41.9 Å². The molecule has 0 aliphatic heterocycles. The molecule has 0 aromatic rings. The molecule has 0 nitrogen and oxygen atoms in total. The molecule has 1 rings (SSSR count). The van der Waals surface area contributed by atoms with Crippen molar-refractivity contribution < 1.29 is 0 Å². The molecule has 0 heterocycles. The zero-order valence-electron chi connectivity index (χ0n) is 10.2. The smallest absolute Gasteiger partial charge is 0.0334 e. The van der Waals surface area contributed by atoms with E-state index in [1.54, 1.807) is 0 Å². The summed E-state index contributed by atoms with van der Waals surface area (Å²) in [7, 11) is 0. The van der Waals surface area contributed by atoms with Gasteiger partial charge < -0.3 is 0 Å². The zero-order chi connectivity index (χ0) is 10.2. The summed E-state index contributed by atoms with van der Waals surface area (Å²) in [4.78, 5) is 0. The molecule has 0 aromatic carbocycles. The van der Waals surface area contributed by atoms with E-state index in [2.05, 4.69) is 41.5 Å². The highest BCUT2D eigenvalue weighted by Gasteiger charge is 2.42. The maximum atomic E-state index is 2.44. The van der Waals surface area contributed by atoms with Gasteiger partial charge in [0, 0.05) is 0 Å². The Kier molecular flexibility index (Phi) is 3.43. The third-order valence-electron chi connectivity index (χ3n) is 4.29. The lowest BCUT2D eigenvalue weighted by molar-refractivity contribution is -0.00872. The van der Waals surface area contributed by atoms with Crippen LogP contribution in [0.5, 0.6) is 0 Å². The van der Waals surface area contributed by atoms with E-state index < -0.39 is 0 Å². The molecule has 0 amide bonds. The Bertz CT molecular complexity index is 153. The summed E-state index contributed by atoms with van der Waals surface area (Å²) in [6.07, 6.45) is 1.47. The van der Waals surface area contributed by atoms with Crippen LogP contribution >= 0.6 is 0 Å². The predicted octanol–water partition coefficient (Wildman–Crippen LogP) is 4.21. The van der Waals surface area contributed by atoms with E-state index in [0.29, 0.717) is 0 Å². The Balaban J connectivity index is 2.53. The van der Waals surface area contributed by atoms with Crippen molar-refractivity contribution in [1.82, 2.24) is 0 Å². The Labute approximate surface area is 84.1 Å². The molecular weight excluding hydrogens is 156 g/mol. The van der Waals surface area contributed by atoms with Crippen LogP contribution in [0, 0.1) is 35.5 Å². The molecular formula is C13H26. The second-order valence-corrected chi connectivity index (χ2v) is 5.80. The SMILES string of the molecule is CC(C)C(C)C1CC(C)C1C(C)C. The van der Waals surface area contributed by atoms with Crippen molar-refractivity contribution in [1.29, 1.82) is 0 Å². The van der Waals surface area contributed by atoms with Gasteiger partial charge in [0.1, 0.15) is 0 Å². The molecule has 1 saturated carbocycles. The fourth-order valence-electron chi connectivity index (χ4n) is 3.18. The third kappa shape index (κ3) is 2.08. The van der Waals surface area contributed by atoms with Crippen molar-refractivity contribution in [2.45, 2.75) is 48.0 Å². The van der Waals surface area contributed by atoms with Crippen molar-refractivity contribution in [2.75, 3.05) is 0 Å². The van der Waals surface area contributed by atoms with Crippen LogP contribution < -0.4 is 0 Å². The van der Waals surface area contributed by atoms with Crippen molar-refractivity contribution >= 4 is 0 Å². The van der Waals surface area contributed by atoms with E-state index in [1.165, 1.54) is 6.42 Å². The molecule has 1 aliphatic rings. The molecule has 13 heavy (non-hydrogen) atoms. The van der Waals surface area contributed by atoms with Crippen LogP contribution in [0.25, 0.3) is 0 Å². The normalized spacial score (nSPS) is 36.5. The van der Waals surface area contributed by atoms with Gasteiger partial charge in [-0.25, -0.2) is 0 Å². The lowest BCUT2D eigenvalue weighted by Gasteiger charge is -2.50. The zero-order valence-corrected chi connectivity index (χ0v) is 10.2. The molecule has 0 heteroatoms. The molecule has 0 N–H and O–H groups in total. The van der Waals surface area contributed by atoms with Crippen molar-refractivity contribution in [3.63, 3.8) is 0 Å². The minimum Gasteiger partial charge on any atom is -0.0625 e. The van der Waals surface area contributed by atoms with E-state index in [0.717, 1.165) is 35.5 Å². The highest BCUT2D eigenvalue weighted by atomic mass is 14.5. The summed E-state index contributed by atoms with van der Waals surface area (Å²) in [5.74, 6) is 5.65. The van der Waals surface area contributed by atoms with Crippen molar-refractivity contribution in [2.24, 2.45) is 35.5 Å². The summed E-state index contributed by atoms with van der Waals surface area (Å²) in [5, 5.41) is 0. The van der Waals surface area contributed by atoms with Gasteiger partial charge in [0.15, 0.2) is 0 Å². The molecule has 0 radical (unpaired) electrons. The Morgan fingerprint density at radius 1 is 1.00 bits per heavy atom. The Morgan fingerprint density at radius 3 is 1.85 bits per heavy atom. The molecule has 1 aliphatic carbocycles. The summed E-state index contributed by atoms with van der Waals surface area (Å²) >= 11 is 0. The first-order chi connectivity index (χ1) is 5.95. The largest absolute Gasteiger partial charge is 0.0625 e. The van der Waals surface area contributed by atoms with E-state index in [4.69, 9.17) is 0 Å². The van der Waals surface area contributed by atoms with Gasteiger partial charge in [0.05, 0.1) is 0 Å². The second-order valence-electron chi connectivity index (χ2n) is 5.80. The van der Waals surface area contributed by atoms with Gasteiger partial charge >= 0.3 is 0 Å². The highest BCUT2D eigenvalue weighted by molar-refractivity contribution is 4.91. The third-order valence-corrected chi connectivity index (χ3v) is 4.29. The predicted molar refractivity (Wildman–Crippen MR) is 59.6 cm³/mol. The van der Waals surface area contributed by atoms with E-state index in [9.17, 15) is 0 Å². The summed E-state index contributed by atoms with van der Waals surface area (Å²) in [5.41, 5.74) is 0. The van der Waals surface area contributed by atoms with Gasteiger partial charge in [-0.3, -0.25) is 0 Å². The summed E-state index contributed by atoms with van der Waals surface area (Å²) in [6.45, 7) is 14.4. The van der Waals surface area contributed by atoms with E-state index in [1.807, 2.05) is 0 Å². The molecule has 1 fully saturated rings. The van der Waals surface area contributed by atoms with Crippen LogP contribution in [0.15, 0.2) is 0 Å². The molecule has 4 unspecified atom stereocenters. The fourth-order valence-corrected chi connectivity index (χ4v) is 3.18. The summed E-state index contributed by atoms with van der Waals surface area (Å²) in [6, 6.07) is 0. The van der Waals surface area contributed by atoms with Crippen LogP contribution in [0.4, 0.5) is 0 Å². The second kappa shape index (κ2) is 4.02. The fraction of sp³-hybridized carbons (Fsp3) is 1.00. The molecule has 0 saturated heterocycles. The topological polar surface area (TPSA) is 0 Å². The minimum atomic E-state index is 0.860. The maximum absolute atomic E-state index is 2.44. The monoisotopic (exact) mass is 182 g/mol. The van der Waals surface area contributed by atoms with Crippen LogP contribution in [-0.2, 0) is 0 Å². The van der Waals surface area contributed by atoms with Crippen LogP contribution in [0.2, 0.25) is 0 Å². The van der Waals surface area contributed by atoms with E-state index in [-0.39, 0.29) is 0 Å². The highest BCUT2D eigenvalue weighted by Crippen LogP contribution is 2.49. The van der Waals surface area contributed by atoms with Gasteiger partial charge in [-0.2, -0.15) is 0 Å². The van der Waals surface area contributed by atoms with Gasteiger partial charge in [0.2, 0.25) is 0 Å². The quantitative estimate of drug-likeness (QED) is 0.613. The average molecular weight is 182 g/mol. The van der Waals surface area contributed by atoms with Gasteiger partial charge in [-0.1, -0.05) is 41.5 Å². The van der Waals surface area contributed by atoms with Crippen LogP contribution in [0.3, 0.4) is 0 Å². The number of hydrogen-bond donors (Lipinski definition) is 0. The molecule has 4 atom stereocenters. The molecule has 0 bridgehead atoms. The van der Waals surface area contributed by atoms with E-state index >= 15 is 0 Å². The first-order valence-corrected chi connectivity index (χ1v) is 5.95. The van der Waals surface area contributed by atoms with Gasteiger partial charge in [-0.15, -0.1) is 0 Å². The minimum absolute atomic E-state index is 0.860. The first kappa shape index (κ1) is 11.1. The molecule has 0 aromatic heterocycles. The van der Waals surface area contributed by atoms with Gasteiger partial charge in [0.25, 0.3) is 0 Å². The molecule has 78 valence electrons. The van der Waals surface area contributed by atoms with Crippen molar-refractivity contribution in [3.8, 4) is 0 Å². The first-order valence-electron chi connectivity index (χ1n) is 5.95.